The molecule has 0 unspecified atom stereocenters. The van der Waals surface area contributed by atoms with Crippen molar-refractivity contribution in [2.45, 2.75) is 31.7 Å². The number of nitrogens with one attached hydrogen (secondary N) is 1. The molecule has 1 fully saturated rings. The third-order valence-corrected chi connectivity index (χ3v) is 3.39. The predicted octanol–water partition coefficient (Wildman–Crippen LogP) is 2.10. The van der Waals surface area contributed by atoms with Crippen LogP contribution in [0.2, 0.25) is 0 Å². The Morgan fingerprint density at radius 1 is 1.19 bits per heavy atom. The summed E-state index contributed by atoms with van der Waals surface area (Å²) >= 11 is 0. The summed E-state index contributed by atoms with van der Waals surface area (Å²) in [5.74, 6) is 1.76. The van der Waals surface area contributed by atoms with Gasteiger partial charge in [0.05, 0.1) is 0 Å². The first-order valence-corrected chi connectivity index (χ1v) is 6.04. The zero-order valence-electron chi connectivity index (χ0n) is 9.37. The fourth-order valence-corrected chi connectivity index (χ4v) is 2.13. The lowest BCUT2D eigenvalue weighted by molar-refractivity contribution is 0.174. The molecule has 1 saturated carbocycles. The van der Waals surface area contributed by atoms with Gasteiger partial charge in [0.2, 0.25) is 6.79 Å². The molecule has 1 N–H and O–H groups in total. The first-order chi connectivity index (χ1) is 7.92. The van der Waals surface area contributed by atoms with Crippen LogP contribution in [0, 0.1) is 0 Å². The van der Waals surface area contributed by atoms with Crippen LogP contribution in [0.25, 0.3) is 0 Å². The van der Waals surface area contributed by atoms with Crippen LogP contribution in [0.3, 0.4) is 0 Å². The maximum Gasteiger partial charge on any atom is 0.231 e. The van der Waals surface area contributed by atoms with Crippen molar-refractivity contribution in [3.05, 3.63) is 23.8 Å². The number of hydrogen-bond donors (Lipinski definition) is 1. The Morgan fingerprint density at radius 2 is 2.06 bits per heavy atom. The second-order valence-corrected chi connectivity index (χ2v) is 4.52. The van der Waals surface area contributed by atoms with E-state index in [0.29, 0.717) is 6.79 Å². The SMILES string of the molecule is c1cc2c(cc1CCNC1CCC1)OCO2. The molecule has 0 amide bonds. The summed E-state index contributed by atoms with van der Waals surface area (Å²) in [4.78, 5) is 0. The van der Waals surface area contributed by atoms with Crippen molar-refractivity contribution in [1.29, 1.82) is 0 Å². The normalized spacial score (nSPS) is 18.5. The number of fused-ring (bicyclic) bond motifs is 1. The van der Waals surface area contributed by atoms with E-state index in [1.165, 1.54) is 24.8 Å². The Balaban J connectivity index is 1.53. The Morgan fingerprint density at radius 3 is 2.88 bits per heavy atom. The average molecular weight is 219 g/mol. The molecule has 0 radical (unpaired) electrons. The zero-order valence-corrected chi connectivity index (χ0v) is 9.37. The highest BCUT2D eigenvalue weighted by Crippen LogP contribution is 2.32. The molecule has 1 heterocycles. The van der Waals surface area contributed by atoms with Crippen LogP contribution >= 0.6 is 0 Å². The molecule has 0 bridgehead atoms. The van der Waals surface area contributed by atoms with E-state index < -0.39 is 0 Å². The zero-order chi connectivity index (χ0) is 10.8. The standard InChI is InChI=1S/C13H17NO2/c1-2-11(3-1)14-7-6-10-4-5-12-13(8-10)16-9-15-12/h4-5,8,11,14H,1-3,6-7,9H2. The summed E-state index contributed by atoms with van der Waals surface area (Å²) in [6.07, 6.45) is 5.15. The van der Waals surface area contributed by atoms with Crippen molar-refractivity contribution in [2.24, 2.45) is 0 Å². The van der Waals surface area contributed by atoms with Crippen molar-refractivity contribution in [2.75, 3.05) is 13.3 Å². The largest absolute Gasteiger partial charge is 0.454 e. The van der Waals surface area contributed by atoms with Crippen LogP contribution in [0.1, 0.15) is 24.8 Å². The molecule has 1 aromatic carbocycles. The van der Waals surface area contributed by atoms with Crippen LogP contribution in [0.15, 0.2) is 18.2 Å². The molecule has 16 heavy (non-hydrogen) atoms. The molecule has 0 aromatic heterocycles. The first kappa shape index (κ1) is 9.97. The van der Waals surface area contributed by atoms with Crippen molar-refractivity contribution in [3.8, 4) is 11.5 Å². The van der Waals surface area contributed by atoms with Gasteiger partial charge in [0.15, 0.2) is 11.5 Å². The third kappa shape index (κ3) is 2.00. The van der Waals surface area contributed by atoms with Gasteiger partial charge < -0.3 is 14.8 Å². The minimum Gasteiger partial charge on any atom is -0.454 e. The smallest absolute Gasteiger partial charge is 0.231 e. The summed E-state index contributed by atoms with van der Waals surface area (Å²) in [6.45, 7) is 1.42. The second-order valence-electron chi connectivity index (χ2n) is 4.52. The highest BCUT2D eigenvalue weighted by atomic mass is 16.7. The van der Waals surface area contributed by atoms with Gasteiger partial charge in [-0.1, -0.05) is 12.5 Å². The molecule has 3 rings (SSSR count). The molecular formula is C13H17NO2. The number of benzene rings is 1. The van der Waals surface area contributed by atoms with Gasteiger partial charge in [0.1, 0.15) is 0 Å². The van der Waals surface area contributed by atoms with Crippen LogP contribution in [0.5, 0.6) is 11.5 Å². The van der Waals surface area contributed by atoms with Gasteiger partial charge in [-0.25, -0.2) is 0 Å². The van der Waals surface area contributed by atoms with E-state index in [0.717, 1.165) is 30.5 Å². The summed E-state index contributed by atoms with van der Waals surface area (Å²) < 4.78 is 10.6. The number of rotatable bonds is 4. The lowest BCUT2D eigenvalue weighted by Gasteiger charge is -2.26. The van der Waals surface area contributed by atoms with Crippen molar-refractivity contribution in [3.63, 3.8) is 0 Å². The number of ether oxygens (including phenoxy) is 2. The quantitative estimate of drug-likeness (QED) is 0.841. The van der Waals surface area contributed by atoms with Crippen molar-refractivity contribution < 1.29 is 9.47 Å². The molecule has 0 atom stereocenters. The lowest BCUT2D eigenvalue weighted by atomic mass is 9.93. The van der Waals surface area contributed by atoms with Gasteiger partial charge in [-0.3, -0.25) is 0 Å². The molecular weight excluding hydrogens is 202 g/mol. The van der Waals surface area contributed by atoms with Crippen LogP contribution in [-0.4, -0.2) is 19.4 Å². The van der Waals surface area contributed by atoms with E-state index in [1.807, 2.05) is 6.07 Å². The topological polar surface area (TPSA) is 30.5 Å². The molecule has 86 valence electrons. The Labute approximate surface area is 95.8 Å². The highest BCUT2D eigenvalue weighted by Gasteiger charge is 2.16. The maximum absolute atomic E-state index is 5.36. The van der Waals surface area contributed by atoms with E-state index in [2.05, 4.69) is 17.4 Å². The van der Waals surface area contributed by atoms with E-state index in [4.69, 9.17) is 9.47 Å². The first-order valence-electron chi connectivity index (χ1n) is 6.04. The van der Waals surface area contributed by atoms with Gasteiger partial charge in [-0.2, -0.15) is 0 Å². The van der Waals surface area contributed by atoms with Crippen molar-refractivity contribution in [1.82, 2.24) is 5.32 Å². The number of hydrogen-bond acceptors (Lipinski definition) is 3. The molecule has 3 heteroatoms. The Hall–Kier alpha value is -1.22. The summed E-state index contributed by atoms with van der Waals surface area (Å²) in [5, 5.41) is 3.56. The van der Waals surface area contributed by atoms with E-state index in [1.54, 1.807) is 0 Å². The van der Waals surface area contributed by atoms with E-state index in [-0.39, 0.29) is 0 Å². The van der Waals surface area contributed by atoms with Crippen LogP contribution < -0.4 is 14.8 Å². The highest BCUT2D eigenvalue weighted by molar-refractivity contribution is 5.44. The maximum atomic E-state index is 5.36. The lowest BCUT2D eigenvalue weighted by Crippen LogP contribution is -2.36. The fourth-order valence-electron chi connectivity index (χ4n) is 2.13. The molecule has 1 aliphatic heterocycles. The third-order valence-electron chi connectivity index (χ3n) is 3.39. The van der Waals surface area contributed by atoms with Gasteiger partial charge in [0.25, 0.3) is 0 Å². The Kier molecular flexibility index (Phi) is 2.70. The predicted molar refractivity (Wildman–Crippen MR) is 61.9 cm³/mol. The summed E-state index contributed by atoms with van der Waals surface area (Å²) in [6, 6.07) is 6.98. The van der Waals surface area contributed by atoms with Crippen LogP contribution in [0.4, 0.5) is 0 Å². The molecule has 3 nitrogen and oxygen atoms in total. The molecule has 2 aliphatic rings. The van der Waals surface area contributed by atoms with E-state index in [9.17, 15) is 0 Å². The fraction of sp³-hybridized carbons (Fsp3) is 0.538. The minimum atomic E-state index is 0.360. The Bertz CT molecular complexity index is 374. The van der Waals surface area contributed by atoms with Crippen molar-refractivity contribution >= 4 is 0 Å². The second kappa shape index (κ2) is 4.34. The van der Waals surface area contributed by atoms with Gasteiger partial charge >= 0.3 is 0 Å². The van der Waals surface area contributed by atoms with Gasteiger partial charge in [0, 0.05) is 6.04 Å². The van der Waals surface area contributed by atoms with E-state index >= 15 is 0 Å². The monoisotopic (exact) mass is 219 g/mol. The van der Waals surface area contributed by atoms with Gasteiger partial charge in [-0.15, -0.1) is 0 Å². The molecule has 1 aliphatic carbocycles. The molecule has 0 saturated heterocycles. The molecule has 1 aromatic rings. The minimum absolute atomic E-state index is 0.360. The van der Waals surface area contributed by atoms with Crippen LogP contribution in [-0.2, 0) is 6.42 Å². The summed E-state index contributed by atoms with van der Waals surface area (Å²) in [7, 11) is 0. The summed E-state index contributed by atoms with van der Waals surface area (Å²) in [5.41, 5.74) is 1.32. The van der Waals surface area contributed by atoms with Gasteiger partial charge in [-0.05, 0) is 43.5 Å². The molecule has 0 spiro atoms. The average Bonchev–Trinajstić information content (AvgIpc) is 2.68.